The van der Waals surface area contributed by atoms with Gasteiger partial charge < -0.3 is 4.90 Å². The smallest absolute Gasteiger partial charge is 0.264 e. The van der Waals surface area contributed by atoms with E-state index in [-0.39, 0.29) is 10.8 Å². The Bertz CT molecular complexity index is 1510. The van der Waals surface area contributed by atoms with E-state index in [0.29, 0.717) is 41.5 Å². The van der Waals surface area contributed by atoms with Crippen LogP contribution in [0.15, 0.2) is 90.0 Å². The number of carbonyl (C=O) groups is 1. The van der Waals surface area contributed by atoms with Crippen molar-refractivity contribution in [3.63, 3.8) is 0 Å². The van der Waals surface area contributed by atoms with E-state index in [1.165, 1.54) is 5.56 Å². The van der Waals surface area contributed by atoms with Crippen molar-refractivity contribution in [3.05, 3.63) is 102 Å². The number of fused-ring (bicyclic) bond motifs is 1. The standard InChI is InChI=1S/C28H28N4O3S/c1-20-16-23(28(33)32-18-24(19-32)31(2)17-21-8-4-3-5-9-21)13-14-25(20)30-36(34,35)26-12-6-10-22-11-7-15-29-27(22)26/h3-16,24,30H,17-19H2,1-2H3. The van der Waals surface area contributed by atoms with Crippen LogP contribution in [0.25, 0.3) is 10.9 Å². The first-order valence-electron chi connectivity index (χ1n) is 11.8. The molecule has 0 bridgehead atoms. The fourth-order valence-electron chi connectivity index (χ4n) is 4.49. The summed E-state index contributed by atoms with van der Waals surface area (Å²) in [7, 11) is -1.78. The van der Waals surface area contributed by atoms with Gasteiger partial charge in [0.25, 0.3) is 15.9 Å². The zero-order chi connectivity index (χ0) is 25.3. The van der Waals surface area contributed by atoms with Crippen molar-refractivity contribution in [2.75, 3.05) is 24.9 Å². The summed E-state index contributed by atoms with van der Waals surface area (Å²) in [5, 5.41) is 0.750. The topological polar surface area (TPSA) is 82.6 Å². The number of aryl methyl sites for hydroxylation is 1. The molecule has 4 aromatic rings. The Morgan fingerprint density at radius 1 is 1.03 bits per heavy atom. The van der Waals surface area contributed by atoms with E-state index in [1.807, 2.05) is 35.2 Å². The molecule has 7 nitrogen and oxygen atoms in total. The van der Waals surface area contributed by atoms with Crippen LogP contribution in [0.1, 0.15) is 21.5 Å². The molecule has 1 amide bonds. The van der Waals surface area contributed by atoms with Gasteiger partial charge in [0.2, 0.25) is 0 Å². The van der Waals surface area contributed by atoms with Crippen LogP contribution >= 0.6 is 0 Å². The zero-order valence-corrected chi connectivity index (χ0v) is 21.1. The van der Waals surface area contributed by atoms with Crippen molar-refractivity contribution >= 4 is 32.5 Å². The number of likely N-dealkylation sites (tertiary alicyclic amines) is 1. The maximum Gasteiger partial charge on any atom is 0.264 e. The third kappa shape index (κ3) is 4.82. The Kier molecular flexibility index (Phi) is 6.47. The Morgan fingerprint density at radius 3 is 2.53 bits per heavy atom. The number of anilines is 1. The van der Waals surface area contributed by atoms with Crippen molar-refractivity contribution in [2.45, 2.75) is 24.4 Å². The molecule has 0 atom stereocenters. The summed E-state index contributed by atoms with van der Waals surface area (Å²) in [5.74, 6) is -0.0462. The first kappa shape index (κ1) is 24.0. The highest BCUT2D eigenvalue weighted by Gasteiger charge is 2.34. The minimum atomic E-state index is -3.86. The van der Waals surface area contributed by atoms with Gasteiger partial charge in [0.1, 0.15) is 4.90 Å². The predicted molar refractivity (Wildman–Crippen MR) is 141 cm³/mol. The van der Waals surface area contributed by atoms with E-state index in [0.717, 1.165) is 11.9 Å². The fraction of sp³-hybridized carbons (Fsp3) is 0.214. The number of benzene rings is 3. The lowest BCUT2D eigenvalue weighted by molar-refractivity contribution is 0.0321. The van der Waals surface area contributed by atoms with Gasteiger partial charge in [0.05, 0.1) is 11.2 Å². The zero-order valence-electron chi connectivity index (χ0n) is 20.3. The van der Waals surface area contributed by atoms with Crippen molar-refractivity contribution in [1.82, 2.24) is 14.8 Å². The lowest BCUT2D eigenvalue weighted by Gasteiger charge is -2.44. The van der Waals surface area contributed by atoms with Crippen LogP contribution in [-0.2, 0) is 16.6 Å². The van der Waals surface area contributed by atoms with Gasteiger partial charge in [-0.1, -0.05) is 48.5 Å². The lowest BCUT2D eigenvalue weighted by Crippen LogP contribution is -2.59. The van der Waals surface area contributed by atoms with E-state index < -0.39 is 10.0 Å². The molecule has 5 rings (SSSR count). The van der Waals surface area contributed by atoms with Crippen molar-refractivity contribution in [2.24, 2.45) is 0 Å². The van der Waals surface area contributed by atoms with Crippen molar-refractivity contribution in [3.8, 4) is 0 Å². The molecule has 0 saturated carbocycles. The van der Waals surface area contributed by atoms with Gasteiger partial charge in [-0.2, -0.15) is 0 Å². The summed E-state index contributed by atoms with van der Waals surface area (Å²) >= 11 is 0. The Morgan fingerprint density at radius 2 is 1.78 bits per heavy atom. The first-order valence-corrected chi connectivity index (χ1v) is 13.3. The summed E-state index contributed by atoms with van der Waals surface area (Å²) in [5.41, 5.74) is 3.32. The minimum absolute atomic E-state index is 0.0462. The van der Waals surface area contributed by atoms with Gasteiger partial charge in [0.15, 0.2) is 0 Å². The van der Waals surface area contributed by atoms with E-state index >= 15 is 0 Å². The molecule has 0 radical (unpaired) electrons. The molecule has 0 aliphatic carbocycles. The Hall–Kier alpha value is -3.75. The van der Waals surface area contributed by atoms with Crippen molar-refractivity contribution < 1.29 is 13.2 Å². The number of aromatic nitrogens is 1. The SMILES string of the molecule is Cc1cc(C(=O)N2CC(N(C)Cc3ccccc3)C2)ccc1NS(=O)(=O)c1cccc2cccnc12. The number of rotatable bonds is 7. The van der Waals surface area contributed by atoms with Gasteiger partial charge in [-0.3, -0.25) is 19.4 Å². The van der Waals surface area contributed by atoms with E-state index in [1.54, 1.807) is 49.5 Å². The second-order valence-corrected chi connectivity index (χ2v) is 10.9. The number of amides is 1. The third-order valence-corrected chi connectivity index (χ3v) is 8.05. The minimum Gasteiger partial charge on any atom is -0.335 e. The van der Waals surface area contributed by atoms with Crippen LogP contribution in [-0.4, -0.2) is 55.3 Å². The fourth-order valence-corrected chi connectivity index (χ4v) is 5.80. The average Bonchev–Trinajstić information content (AvgIpc) is 2.84. The largest absolute Gasteiger partial charge is 0.335 e. The summed E-state index contributed by atoms with van der Waals surface area (Å²) in [6.45, 7) is 3.98. The number of likely N-dealkylation sites (N-methyl/N-ethyl adjacent to an activating group) is 1. The lowest BCUT2D eigenvalue weighted by atomic mass is 10.0. The third-order valence-electron chi connectivity index (χ3n) is 6.65. The van der Waals surface area contributed by atoms with Crippen LogP contribution in [0.5, 0.6) is 0 Å². The number of carbonyl (C=O) groups excluding carboxylic acids is 1. The summed E-state index contributed by atoms with van der Waals surface area (Å²) in [6, 6.07) is 24.3. The number of nitrogens with one attached hydrogen (secondary N) is 1. The molecule has 1 aromatic heterocycles. The van der Waals surface area contributed by atoms with Gasteiger partial charge in [-0.25, -0.2) is 8.42 Å². The molecule has 3 aromatic carbocycles. The molecule has 1 aliphatic rings. The molecular weight excluding hydrogens is 472 g/mol. The quantitative estimate of drug-likeness (QED) is 0.409. The summed E-state index contributed by atoms with van der Waals surface area (Å²) in [4.78, 5) is 21.5. The van der Waals surface area contributed by atoms with Crippen molar-refractivity contribution in [1.29, 1.82) is 0 Å². The second kappa shape index (κ2) is 9.72. The van der Waals surface area contributed by atoms with Gasteiger partial charge in [-0.15, -0.1) is 0 Å². The Labute approximate surface area is 211 Å². The Balaban J connectivity index is 1.25. The molecule has 2 heterocycles. The molecular formula is C28H28N4O3S. The van der Waals surface area contributed by atoms with E-state index in [9.17, 15) is 13.2 Å². The monoisotopic (exact) mass is 500 g/mol. The highest BCUT2D eigenvalue weighted by atomic mass is 32.2. The summed E-state index contributed by atoms with van der Waals surface area (Å²) in [6.07, 6.45) is 1.58. The molecule has 0 spiro atoms. The predicted octanol–water partition coefficient (Wildman–Crippen LogP) is 4.30. The van der Waals surface area contributed by atoms with Crippen LogP contribution < -0.4 is 4.72 Å². The van der Waals surface area contributed by atoms with E-state index in [4.69, 9.17) is 0 Å². The normalized spacial score (nSPS) is 14.1. The maximum absolute atomic E-state index is 13.2. The first-order chi connectivity index (χ1) is 17.3. The van der Waals surface area contributed by atoms with Gasteiger partial charge in [-0.05, 0) is 55.4 Å². The summed E-state index contributed by atoms with van der Waals surface area (Å²) < 4.78 is 29.0. The molecule has 184 valence electrons. The average molecular weight is 501 g/mol. The molecule has 36 heavy (non-hydrogen) atoms. The second-order valence-electron chi connectivity index (χ2n) is 9.23. The number of sulfonamides is 1. The van der Waals surface area contributed by atoms with Crippen LogP contribution in [0.4, 0.5) is 5.69 Å². The maximum atomic E-state index is 13.2. The molecule has 8 heteroatoms. The van der Waals surface area contributed by atoms with Crippen LogP contribution in [0, 0.1) is 6.92 Å². The molecule has 1 N–H and O–H groups in total. The highest BCUT2D eigenvalue weighted by molar-refractivity contribution is 7.93. The number of nitrogens with zero attached hydrogens (tertiary/aromatic N) is 3. The van der Waals surface area contributed by atoms with Gasteiger partial charge >= 0.3 is 0 Å². The highest BCUT2D eigenvalue weighted by Crippen LogP contribution is 2.26. The number of para-hydroxylation sites is 1. The number of hydrogen-bond acceptors (Lipinski definition) is 5. The van der Waals surface area contributed by atoms with Crippen LogP contribution in [0.2, 0.25) is 0 Å². The number of pyridine rings is 1. The van der Waals surface area contributed by atoms with Gasteiger partial charge in [0, 0.05) is 42.8 Å². The van der Waals surface area contributed by atoms with E-state index in [2.05, 4.69) is 33.8 Å². The molecule has 1 fully saturated rings. The molecule has 0 unspecified atom stereocenters. The van der Waals surface area contributed by atoms with Crippen LogP contribution in [0.3, 0.4) is 0 Å². The molecule has 1 saturated heterocycles. The number of hydrogen-bond donors (Lipinski definition) is 1. The molecule has 1 aliphatic heterocycles.